The zero-order valence-electron chi connectivity index (χ0n) is 11.1. The molecule has 0 spiro atoms. The number of pyridine rings is 1. The molecule has 2 rings (SSSR count). The van der Waals surface area contributed by atoms with Crippen LogP contribution in [0.3, 0.4) is 0 Å². The number of halogens is 2. The maximum absolute atomic E-state index is 10.9. The molecule has 0 bridgehead atoms. The van der Waals surface area contributed by atoms with Gasteiger partial charge in [-0.1, -0.05) is 23.2 Å². The van der Waals surface area contributed by atoms with Crippen molar-refractivity contribution in [2.24, 2.45) is 0 Å². The van der Waals surface area contributed by atoms with E-state index in [2.05, 4.69) is 15.6 Å². The van der Waals surface area contributed by atoms with Gasteiger partial charge >= 0.3 is 0 Å². The molecule has 0 saturated heterocycles. The normalized spacial score (nSPS) is 10.2. The van der Waals surface area contributed by atoms with Crippen LogP contribution in [-0.4, -0.2) is 16.5 Å². The van der Waals surface area contributed by atoms with Crippen molar-refractivity contribution in [1.82, 2.24) is 4.98 Å². The Morgan fingerprint density at radius 3 is 2.52 bits per heavy atom. The third-order valence-electron chi connectivity index (χ3n) is 2.57. The molecular weight excluding hydrogens is 315 g/mol. The summed E-state index contributed by atoms with van der Waals surface area (Å²) < 4.78 is 0. The molecule has 6 nitrogen and oxygen atoms in total. The molecule has 0 unspecified atom stereocenters. The standard InChI is InChI=1S/C13H12Cl2N4O2/c1-2-16-12-6-9(19(20)21)7-13(18-12)17-8-3-4-10(14)11(15)5-8/h3-7H,2H2,1H3,(H2,16,17,18). The van der Waals surface area contributed by atoms with E-state index in [0.29, 0.717) is 33.9 Å². The first-order chi connectivity index (χ1) is 9.99. The summed E-state index contributed by atoms with van der Waals surface area (Å²) in [6.45, 7) is 2.49. The van der Waals surface area contributed by atoms with Gasteiger partial charge in [0.05, 0.1) is 27.1 Å². The molecule has 8 heteroatoms. The Labute approximate surface area is 131 Å². The lowest BCUT2D eigenvalue weighted by Gasteiger charge is -2.09. The van der Waals surface area contributed by atoms with Crippen molar-refractivity contribution in [2.75, 3.05) is 17.2 Å². The molecule has 0 aliphatic carbocycles. The first-order valence-corrected chi connectivity index (χ1v) is 6.87. The Balaban J connectivity index is 2.33. The smallest absolute Gasteiger partial charge is 0.276 e. The van der Waals surface area contributed by atoms with E-state index in [1.165, 1.54) is 12.1 Å². The largest absolute Gasteiger partial charge is 0.370 e. The summed E-state index contributed by atoms with van der Waals surface area (Å²) >= 11 is 11.8. The highest BCUT2D eigenvalue weighted by Crippen LogP contribution is 2.28. The summed E-state index contributed by atoms with van der Waals surface area (Å²) in [5.41, 5.74) is 0.586. The van der Waals surface area contributed by atoms with Crippen LogP contribution >= 0.6 is 23.2 Å². The number of nitro groups is 1. The second-order valence-electron chi connectivity index (χ2n) is 4.14. The van der Waals surface area contributed by atoms with Crippen molar-refractivity contribution in [2.45, 2.75) is 6.92 Å². The lowest BCUT2D eigenvalue weighted by Crippen LogP contribution is -2.03. The van der Waals surface area contributed by atoms with Crippen molar-refractivity contribution >= 4 is 46.2 Å². The fourth-order valence-electron chi connectivity index (χ4n) is 1.68. The number of nitrogens with one attached hydrogen (secondary N) is 2. The van der Waals surface area contributed by atoms with Gasteiger partial charge < -0.3 is 10.6 Å². The maximum atomic E-state index is 10.9. The van der Waals surface area contributed by atoms with Gasteiger partial charge in [0.1, 0.15) is 11.6 Å². The first-order valence-electron chi connectivity index (χ1n) is 6.12. The van der Waals surface area contributed by atoms with Gasteiger partial charge in [-0.15, -0.1) is 0 Å². The summed E-state index contributed by atoms with van der Waals surface area (Å²) in [6.07, 6.45) is 0. The Bertz CT molecular complexity index is 679. The monoisotopic (exact) mass is 326 g/mol. The van der Waals surface area contributed by atoms with Gasteiger partial charge in [0.25, 0.3) is 5.69 Å². The second-order valence-corrected chi connectivity index (χ2v) is 4.95. The quantitative estimate of drug-likeness (QED) is 0.625. The van der Waals surface area contributed by atoms with E-state index in [1.54, 1.807) is 18.2 Å². The van der Waals surface area contributed by atoms with Crippen LogP contribution in [0.4, 0.5) is 23.0 Å². The Kier molecular flexibility index (Phi) is 4.82. The van der Waals surface area contributed by atoms with E-state index < -0.39 is 4.92 Å². The summed E-state index contributed by atoms with van der Waals surface area (Å²) in [7, 11) is 0. The van der Waals surface area contributed by atoms with E-state index in [1.807, 2.05) is 6.92 Å². The molecule has 21 heavy (non-hydrogen) atoms. The molecule has 110 valence electrons. The van der Waals surface area contributed by atoms with Crippen LogP contribution in [0.1, 0.15) is 6.92 Å². The minimum absolute atomic E-state index is 0.0523. The van der Waals surface area contributed by atoms with E-state index in [0.717, 1.165) is 0 Å². The molecule has 2 N–H and O–H groups in total. The van der Waals surface area contributed by atoms with Gasteiger partial charge in [0, 0.05) is 12.2 Å². The zero-order chi connectivity index (χ0) is 15.4. The summed E-state index contributed by atoms with van der Waals surface area (Å²) in [6, 6.07) is 7.70. The summed E-state index contributed by atoms with van der Waals surface area (Å²) in [5, 5.41) is 17.7. The van der Waals surface area contributed by atoms with E-state index in [9.17, 15) is 10.1 Å². The molecule has 0 aliphatic heterocycles. The van der Waals surface area contributed by atoms with Crippen molar-refractivity contribution in [3.05, 3.63) is 50.5 Å². The molecule has 1 aromatic carbocycles. The van der Waals surface area contributed by atoms with Gasteiger partial charge in [0.15, 0.2) is 0 Å². The second kappa shape index (κ2) is 6.60. The van der Waals surface area contributed by atoms with Gasteiger partial charge in [-0.05, 0) is 25.1 Å². The van der Waals surface area contributed by atoms with E-state index in [-0.39, 0.29) is 5.69 Å². The average molecular weight is 327 g/mol. The third kappa shape index (κ3) is 3.96. The van der Waals surface area contributed by atoms with Gasteiger partial charge in [0.2, 0.25) is 0 Å². The number of benzene rings is 1. The molecule has 0 fully saturated rings. The molecule has 2 aromatic rings. The highest BCUT2D eigenvalue weighted by atomic mass is 35.5. The van der Waals surface area contributed by atoms with E-state index in [4.69, 9.17) is 23.2 Å². The average Bonchev–Trinajstić information content (AvgIpc) is 2.43. The highest BCUT2D eigenvalue weighted by Gasteiger charge is 2.11. The number of aromatic nitrogens is 1. The van der Waals surface area contributed by atoms with Gasteiger partial charge in [-0.2, -0.15) is 0 Å². The number of hydrogen-bond donors (Lipinski definition) is 2. The predicted octanol–water partition coefficient (Wildman–Crippen LogP) is 4.47. The summed E-state index contributed by atoms with van der Waals surface area (Å²) in [5.74, 6) is 0.771. The van der Waals surface area contributed by atoms with Crippen LogP contribution in [0.25, 0.3) is 0 Å². The number of nitrogens with zero attached hydrogens (tertiary/aromatic N) is 2. The molecule has 0 atom stereocenters. The SMILES string of the molecule is CCNc1cc([N+](=O)[O-])cc(Nc2ccc(Cl)c(Cl)c2)n1. The molecule has 0 amide bonds. The lowest BCUT2D eigenvalue weighted by atomic mass is 10.3. The lowest BCUT2D eigenvalue weighted by molar-refractivity contribution is -0.384. The maximum Gasteiger partial charge on any atom is 0.276 e. The van der Waals surface area contributed by atoms with Crippen molar-refractivity contribution in [3.8, 4) is 0 Å². The van der Waals surface area contributed by atoms with Crippen molar-refractivity contribution < 1.29 is 4.92 Å². The minimum atomic E-state index is -0.470. The van der Waals surface area contributed by atoms with Crippen LogP contribution in [0.5, 0.6) is 0 Å². The van der Waals surface area contributed by atoms with Crippen LogP contribution in [0.2, 0.25) is 10.0 Å². The summed E-state index contributed by atoms with van der Waals surface area (Å²) in [4.78, 5) is 14.7. The fraction of sp³-hybridized carbons (Fsp3) is 0.154. The number of hydrogen-bond acceptors (Lipinski definition) is 5. The van der Waals surface area contributed by atoms with Crippen LogP contribution in [0.15, 0.2) is 30.3 Å². The van der Waals surface area contributed by atoms with E-state index >= 15 is 0 Å². The van der Waals surface area contributed by atoms with Crippen LogP contribution < -0.4 is 10.6 Å². The Hall–Kier alpha value is -2.05. The molecule has 1 heterocycles. The first kappa shape index (κ1) is 15.3. The van der Waals surface area contributed by atoms with Crippen molar-refractivity contribution in [1.29, 1.82) is 0 Å². The molecule has 1 aromatic heterocycles. The van der Waals surface area contributed by atoms with Crippen molar-refractivity contribution in [3.63, 3.8) is 0 Å². The molecule has 0 saturated carbocycles. The van der Waals surface area contributed by atoms with Gasteiger partial charge in [-0.25, -0.2) is 4.98 Å². The number of anilines is 3. The molecular formula is C13H12Cl2N4O2. The topological polar surface area (TPSA) is 80.1 Å². The molecule has 0 radical (unpaired) electrons. The predicted molar refractivity (Wildman–Crippen MR) is 84.8 cm³/mol. The molecule has 0 aliphatic rings. The Morgan fingerprint density at radius 1 is 1.19 bits per heavy atom. The zero-order valence-corrected chi connectivity index (χ0v) is 12.6. The third-order valence-corrected chi connectivity index (χ3v) is 3.31. The Morgan fingerprint density at radius 2 is 1.90 bits per heavy atom. The minimum Gasteiger partial charge on any atom is -0.370 e. The van der Waals surface area contributed by atoms with Crippen LogP contribution in [0, 0.1) is 10.1 Å². The van der Waals surface area contributed by atoms with Gasteiger partial charge in [-0.3, -0.25) is 10.1 Å². The van der Waals surface area contributed by atoms with Crippen LogP contribution in [-0.2, 0) is 0 Å². The fourth-order valence-corrected chi connectivity index (χ4v) is 1.98. The highest BCUT2D eigenvalue weighted by molar-refractivity contribution is 6.42. The number of rotatable bonds is 5.